The highest BCUT2D eigenvalue weighted by atomic mass is 35.5. The number of carbonyl (C=O) groups excluding carboxylic acids is 1. The number of rotatable bonds is 4. The number of tetrazole rings is 1. The minimum Gasteiger partial charge on any atom is -0.463 e. The highest BCUT2D eigenvalue weighted by Gasteiger charge is 2.08. The number of ether oxygens (including phenoxy) is 1. The molecule has 0 atom stereocenters. The second kappa shape index (κ2) is 6.10. The van der Waals surface area contributed by atoms with Gasteiger partial charge in [0.15, 0.2) is 0 Å². The topological polar surface area (TPSA) is 80.8 Å². The summed E-state index contributed by atoms with van der Waals surface area (Å²) >= 11 is 5.94. The van der Waals surface area contributed by atoms with E-state index in [2.05, 4.69) is 20.6 Å². The van der Waals surface area contributed by atoms with Crippen LogP contribution in [0.25, 0.3) is 17.5 Å². The minimum atomic E-state index is -0.415. The molecule has 0 saturated heterocycles. The van der Waals surface area contributed by atoms with Crippen molar-refractivity contribution in [3.8, 4) is 11.4 Å². The van der Waals surface area contributed by atoms with Crippen LogP contribution >= 0.6 is 11.6 Å². The number of benzene rings is 1. The number of nitrogens with one attached hydrogen (secondary N) is 1. The molecular formula is C12H11ClN4O2. The van der Waals surface area contributed by atoms with Crippen molar-refractivity contribution in [3.05, 3.63) is 34.9 Å². The van der Waals surface area contributed by atoms with E-state index in [4.69, 9.17) is 16.3 Å². The first-order valence-corrected chi connectivity index (χ1v) is 5.96. The molecule has 0 aliphatic carbocycles. The predicted octanol–water partition coefficient (Wildman–Crippen LogP) is 2.10. The van der Waals surface area contributed by atoms with Crippen molar-refractivity contribution in [1.29, 1.82) is 0 Å². The van der Waals surface area contributed by atoms with E-state index in [0.717, 1.165) is 5.56 Å². The van der Waals surface area contributed by atoms with Crippen LogP contribution in [0.4, 0.5) is 0 Å². The van der Waals surface area contributed by atoms with Gasteiger partial charge in [0.1, 0.15) is 0 Å². The molecule has 0 amide bonds. The smallest absolute Gasteiger partial charge is 0.330 e. The standard InChI is InChI=1S/C12H11ClN4O2/c1-2-19-11(18)6-3-8-7-9(13)4-5-10(8)12-14-16-17-15-12/h3-7H,2H2,1H3,(H,14,15,16,17)/b6-3+. The van der Waals surface area contributed by atoms with Gasteiger partial charge in [-0.25, -0.2) is 4.79 Å². The first-order valence-electron chi connectivity index (χ1n) is 5.59. The van der Waals surface area contributed by atoms with Crippen LogP contribution in [0.15, 0.2) is 24.3 Å². The van der Waals surface area contributed by atoms with E-state index in [0.29, 0.717) is 23.0 Å². The van der Waals surface area contributed by atoms with E-state index in [1.807, 2.05) is 0 Å². The van der Waals surface area contributed by atoms with Crippen molar-refractivity contribution in [1.82, 2.24) is 20.6 Å². The van der Waals surface area contributed by atoms with Gasteiger partial charge in [-0.3, -0.25) is 0 Å². The summed E-state index contributed by atoms with van der Waals surface area (Å²) in [6, 6.07) is 5.19. The summed E-state index contributed by atoms with van der Waals surface area (Å²) in [7, 11) is 0. The number of hydrogen-bond acceptors (Lipinski definition) is 5. The van der Waals surface area contributed by atoms with Gasteiger partial charge in [0.25, 0.3) is 0 Å². The average molecular weight is 279 g/mol. The zero-order valence-electron chi connectivity index (χ0n) is 10.1. The van der Waals surface area contributed by atoms with Gasteiger partial charge in [-0.2, -0.15) is 5.21 Å². The maximum Gasteiger partial charge on any atom is 0.330 e. The number of hydrogen-bond donors (Lipinski definition) is 1. The number of nitrogens with zero attached hydrogens (tertiary/aromatic N) is 3. The number of carbonyl (C=O) groups is 1. The third-order valence-electron chi connectivity index (χ3n) is 2.29. The Balaban J connectivity index is 2.33. The van der Waals surface area contributed by atoms with Crippen LogP contribution < -0.4 is 0 Å². The molecule has 0 radical (unpaired) electrons. The van der Waals surface area contributed by atoms with Gasteiger partial charge < -0.3 is 4.74 Å². The number of aromatic amines is 1. The lowest BCUT2D eigenvalue weighted by Crippen LogP contribution is -1.98. The Morgan fingerprint density at radius 2 is 2.37 bits per heavy atom. The molecule has 0 spiro atoms. The Bertz CT molecular complexity index is 596. The molecular weight excluding hydrogens is 268 g/mol. The van der Waals surface area contributed by atoms with Crippen LogP contribution in [-0.2, 0) is 9.53 Å². The lowest BCUT2D eigenvalue weighted by Gasteiger charge is -2.02. The molecule has 1 aromatic carbocycles. The van der Waals surface area contributed by atoms with Gasteiger partial charge in [-0.1, -0.05) is 11.6 Å². The summed E-state index contributed by atoms with van der Waals surface area (Å²) < 4.78 is 4.82. The summed E-state index contributed by atoms with van der Waals surface area (Å²) in [6.07, 6.45) is 2.94. The van der Waals surface area contributed by atoms with Crippen molar-refractivity contribution in [2.45, 2.75) is 6.92 Å². The molecule has 0 aliphatic rings. The fraction of sp³-hybridized carbons (Fsp3) is 0.167. The second-order valence-corrected chi connectivity index (χ2v) is 3.99. The first kappa shape index (κ1) is 13.2. The monoisotopic (exact) mass is 278 g/mol. The van der Waals surface area contributed by atoms with Gasteiger partial charge in [0.05, 0.1) is 6.61 Å². The number of H-pyrrole nitrogens is 1. The Morgan fingerprint density at radius 1 is 1.53 bits per heavy atom. The van der Waals surface area contributed by atoms with Crippen LogP contribution in [0.1, 0.15) is 12.5 Å². The maximum atomic E-state index is 11.3. The Morgan fingerprint density at radius 3 is 3.05 bits per heavy atom. The van der Waals surface area contributed by atoms with Gasteiger partial charge in [-0.05, 0) is 42.0 Å². The van der Waals surface area contributed by atoms with Crippen molar-refractivity contribution >= 4 is 23.6 Å². The fourth-order valence-corrected chi connectivity index (χ4v) is 1.68. The molecule has 0 unspecified atom stereocenters. The lowest BCUT2D eigenvalue weighted by atomic mass is 10.1. The Kier molecular flexibility index (Phi) is 4.25. The molecule has 0 aliphatic heterocycles. The zero-order chi connectivity index (χ0) is 13.7. The number of esters is 1. The highest BCUT2D eigenvalue weighted by molar-refractivity contribution is 6.30. The van der Waals surface area contributed by atoms with Crippen LogP contribution in [-0.4, -0.2) is 33.2 Å². The first-order chi connectivity index (χ1) is 9.20. The van der Waals surface area contributed by atoms with Crippen LogP contribution in [0, 0.1) is 0 Å². The SMILES string of the molecule is CCOC(=O)/C=C/c1cc(Cl)ccc1-c1nn[nH]n1. The van der Waals surface area contributed by atoms with Crippen molar-refractivity contribution in [3.63, 3.8) is 0 Å². The molecule has 2 aromatic rings. The summed E-state index contributed by atoms with van der Waals surface area (Å²) in [4.78, 5) is 11.3. The molecule has 1 aromatic heterocycles. The van der Waals surface area contributed by atoms with Crippen LogP contribution in [0.2, 0.25) is 5.02 Å². The quantitative estimate of drug-likeness (QED) is 0.684. The van der Waals surface area contributed by atoms with E-state index in [-0.39, 0.29) is 0 Å². The molecule has 7 heteroatoms. The number of halogens is 1. The van der Waals surface area contributed by atoms with Crippen molar-refractivity contribution in [2.75, 3.05) is 6.61 Å². The summed E-state index contributed by atoms with van der Waals surface area (Å²) in [5.74, 6) is 0.0155. The fourth-order valence-electron chi connectivity index (χ4n) is 1.50. The summed E-state index contributed by atoms with van der Waals surface area (Å²) in [5, 5.41) is 14.2. The van der Waals surface area contributed by atoms with Gasteiger partial charge in [0.2, 0.25) is 5.82 Å². The normalized spacial score (nSPS) is 10.8. The molecule has 98 valence electrons. The Hall–Kier alpha value is -2.21. The molecule has 1 N–H and O–H groups in total. The third kappa shape index (κ3) is 3.38. The summed E-state index contributed by atoms with van der Waals surface area (Å²) in [6.45, 7) is 2.08. The van der Waals surface area contributed by atoms with E-state index in [1.165, 1.54) is 6.08 Å². The molecule has 19 heavy (non-hydrogen) atoms. The third-order valence-corrected chi connectivity index (χ3v) is 2.52. The molecule has 0 fully saturated rings. The van der Waals surface area contributed by atoms with E-state index < -0.39 is 5.97 Å². The van der Waals surface area contributed by atoms with Crippen molar-refractivity contribution < 1.29 is 9.53 Å². The van der Waals surface area contributed by atoms with Gasteiger partial charge >= 0.3 is 5.97 Å². The largest absolute Gasteiger partial charge is 0.463 e. The van der Waals surface area contributed by atoms with Crippen LogP contribution in [0.5, 0.6) is 0 Å². The molecule has 2 rings (SSSR count). The molecule has 0 bridgehead atoms. The van der Waals surface area contributed by atoms with Crippen LogP contribution in [0.3, 0.4) is 0 Å². The predicted molar refractivity (Wildman–Crippen MR) is 70.3 cm³/mol. The maximum absolute atomic E-state index is 11.3. The summed E-state index contributed by atoms with van der Waals surface area (Å²) in [5.41, 5.74) is 1.43. The molecule has 6 nitrogen and oxygen atoms in total. The zero-order valence-corrected chi connectivity index (χ0v) is 10.9. The van der Waals surface area contributed by atoms with E-state index >= 15 is 0 Å². The van der Waals surface area contributed by atoms with Gasteiger partial charge in [-0.15, -0.1) is 10.2 Å². The highest BCUT2D eigenvalue weighted by Crippen LogP contribution is 2.24. The van der Waals surface area contributed by atoms with E-state index in [1.54, 1.807) is 31.2 Å². The lowest BCUT2D eigenvalue weighted by molar-refractivity contribution is -0.137. The molecule has 0 saturated carbocycles. The Labute approximate surface area is 114 Å². The van der Waals surface area contributed by atoms with E-state index in [9.17, 15) is 4.79 Å². The number of aromatic nitrogens is 4. The van der Waals surface area contributed by atoms with Crippen molar-refractivity contribution in [2.24, 2.45) is 0 Å². The molecule has 1 heterocycles. The second-order valence-electron chi connectivity index (χ2n) is 3.55. The average Bonchev–Trinajstić information content (AvgIpc) is 2.90. The minimum absolute atomic E-state index is 0.330. The van der Waals surface area contributed by atoms with Gasteiger partial charge in [0, 0.05) is 16.7 Å².